The van der Waals surface area contributed by atoms with E-state index >= 15 is 0 Å². The highest BCUT2D eigenvalue weighted by Crippen LogP contribution is 2.42. The number of nitrogens with one attached hydrogen (secondary N) is 2. The lowest BCUT2D eigenvalue weighted by Crippen LogP contribution is -2.39. The number of hydrogen-bond acceptors (Lipinski definition) is 8. The van der Waals surface area contributed by atoms with Crippen LogP contribution < -0.4 is 10.6 Å². The fourth-order valence-electron chi connectivity index (χ4n) is 3.90. The van der Waals surface area contributed by atoms with Crippen molar-refractivity contribution >= 4 is 23.1 Å². The van der Waals surface area contributed by atoms with Gasteiger partial charge in [0, 0.05) is 36.4 Å². The van der Waals surface area contributed by atoms with Gasteiger partial charge in [-0.25, -0.2) is 9.97 Å². The number of anilines is 1. The second kappa shape index (κ2) is 10.9. The van der Waals surface area contributed by atoms with Gasteiger partial charge in [-0.05, 0) is 46.6 Å². The average molecular weight is 570 g/mol. The van der Waals surface area contributed by atoms with Crippen molar-refractivity contribution in [3.8, 4) is 10.4 Å². The first-order chi connectivity index (χ1) is 17.4. The Kier molecular flexibility index (Phi) is 8.66. The van der Waals surface area contributed by atoms with E-state index in [0.29, 0.717) is 30.7 Å². The molecule has 0 aliphatic carbocycles. The van der Waals surface area contributed by atoms with Crippen LogP contribution in [0.15, 0.2) is 12.3 Å². The Morgan fingerprint density at radius 3 is 2.39 bits per heavy atom. The number of amides is 1. The van der Waals surface area contributed by atoms with E-state index < -0.39 is 53.8 Å². The van der Waals surface area contributed by atoms with Gasteiger partial charge in [-0.15, -0.1) is 11.3 Å². The van der Waals surface area contributed by atoms with Crippen molar-refractivity contribution in [2.45, 2.75) is 76.8 Å². The van der Waals surface area contributed by atoms with Crippen molar-refractivity contribution in [3.63, 3.8) is 0 Å². The smallest absolute Gasteiger partial charge is 0.382 e. The maximum absolute atomic E-state index is 14.2. The number of nitrogens with zero attached hydrogens (tertiary/aromatic N) is 3. The van der Waals surface area contributed by atoms with Gasteiger partial charge in [0.2, 0.25) is 0 Å². The molecular formula is C23H29F6N5O3S. The van der Waals surface area contributed by atoms with Crippen LogP contribution in [0.5, 0.6) is 0 Å². The summed E-state index contributed by atoms with van der Waals surface area (Å²) in [6.45, 7) is 6.25. The third-order valence-electron chi connectivity index (χ3n) is 5.73. The van der Waals surface area contributed by atoms with E-state index in [2.05, 4.69) is 20.6 Å². The van der Waals surface area contributed by atoms with Crippen LogP contribution in [0.1, 0.15) is 67.8 Å². The van der Waals surface area contributed by atoms with E-state index in [4.69, 9.17) is 0 Å². The molecule has 1 saturated heterocycles. The molecule has 0 spiro atoms. The summed E-state index contributed by atoms with van der Waals surface area (Å²) in [5.41, 5.74) is -2.54. The predicted molar refractivity (Wildman–Crippen MR) is 128 cm³/mol. The SMILES string of the molecule is C[C@H]1CCCN1C(=O)c1nc(C(O)NC[C@H](O)C(F)(F)F)sc1-c1cnc(NC(C)(C)C)cc1C(F)(F)F. The minimum atomic E-state index is -4.95. The number of halogens is 6. The molecule has 2 aromatic rings. The molecule has 1 unspecified atom stereocenters. The molecule has 38 heavy (non-hydrogen) atoms. The van der Waals surface area contributed by atoms with Crippen molar-refractivity contribution < 1.29 is 41.4 Å². The topological polar surface area (TPSA) is 111 Å². The van der Waals surface area contributed by atoms with E-state index in [0.717, 1.165) is 12.3 Å². The zero-order valence-electron chi connectivity index (χ0n) is 21.0. The Balaban J connectivity index is 2.09. The number of hydrogen-bond donors (Lipinski definition) is 4. The minimum absolute atomic E-state index is 0.0535. The van der Waals surface area contributed by atoms with Crippen LogP contribution in [0.2, 0.25) is 0 Å². The number of alkyl halides is 6. The van der Waals surface area contributed by atoms with E-state index in [1.54, 1.807) is 27.7 Å². The van der Waals surface area contributed by atoms with E-state index in [-0.39, 0.29) is 27.4 Å². The number of aliphatic hydroxyl groups excluding tert-OH is 2. The second-order valence-corrected chi connectivity index (χ2v) is 11.1. The summed E-state index contributed by atoms with van der Waals surface area (Å²) in [6.07, 6.45) is -12.2. The van der Waals surface area contributed by atoms with Crippen molar-refractivity contribution in [3.05, 3.63) is 28.5 Å². The molecule has 8 nitrogen and oxygen atoms in total. The van der Waals surface area contributed by atoms with Crippen LogP contribution in [0, 0.1) is 0 Å². The van der Waals surface area contributed by atoms with Crippen LogP contribution in [-0.4, -0.2) is 67.9 Å². The highest BCUT2D eigenvalue weighted by molar-refractivity contribution is 7.15. The van der Waals surface area contributed by atoms with Gasteiger partial charge in [0.15, 0.2) is 12.3 Å². The Hall–Kier alpha value is -2.49. The average Bonchev–Trinajstić information content (AvgIpc) is 3.41. The molecule has 212 valence electrons. The van der Waals surface area contributed by atoms with Gasteiger partial charge in [0.25, 0.3) is 5.91 Å². The van der Waals surface area contributed by atoms with E-state index in [9.17, 15) is 41.4 Å². The number of carbonyl (C=O) groups is 1. The number of rotatable bonds is 7. The molecular weight excluding hydrogens is 540 g/mol. The number of likely N-dealkylation sites (tertiary alicyclic amines) is 1. The third-order valence-corrected chi connectivity index (χ3v) is 6.87. The number of carbonyl (C=O) groups excluding carboxylic acids is 1. The minimum Gasteiger partial charge on any atom is -0.382 e. The lowest BCUT2D eigenvalue weighted by Gasteiger charge is -2.23. The van der Waals surface area contributed by atoms with Gasteiger partial charge in [0.1, 0.15) is 16.5 Å². The fourth-order valence-corrected chi connectivity index (χ4v) is 4.95. The first-order valence-electron chi connectivity index (χ1n) is 11.7. The highest BCUT2D eigenvalue weighted by Gasteiger charge is 2.40. The van der Waals surface area contributed by atoms with Crippen molar-refractivity contribution in [2.24, 2.45) is 0 Å². The van der Waals surface area contributed by atoms with Gasteiger partial charge in [-0.3, -0.25) is 10.1 Å². The maximum Gasteiger partial charge on any atom is 0.417 e. The normalized spacial score (nSPS) is 18.5. The molecule has 0 radical (unpaired) electrons. The molecule has 2 aromatic heterocycles. The molecule has 3 atom stereocenters. The zero-order valence-corrected chi connectivity index (χ0v) is 21.9. The summed E-state index contributed by atoms with van der Waals surface area (Å²) in [4.78, 5) is 22.7. The lowest BCUT2D eigenvalue weighted by molar-refractivity contribution is -0.203. The monoisotopic (exact) mass is 569 g/mol. The van der Waals surface area contributed by atoms with Crippen LogP contribution in [-0.2, 0) is 6.18 Å². The largest absolute Gasteiger partial charge is 0.417 e. The molecule has 3 rings (SSSR count). The summed E-state index contributed by atoms with van der Waals surface area (Å²) in [6, 6.07) is 0.602. The molecule has 3 heterocycles. The van der Waals surface area contributed by atoms with Gasteiger partial charge in [-0.1, -0.05) is 0 Å². The predicted octanol–water partition coefficient (Wildman–Crippen LogP) is 4.56. The highest BCUT2D eigenvalue weighted by atomic mass is 32.1. The van der Waals surface area contributed by atoms with Crippen molar-refractivity contribution in [2.75, 3.05) is 18.4 Å². The van der Waals surface area contributed by atoms with Gasteiger partial charge in [0.05, 0.1) is 10.4 Å². The number of thiazole rings is 1. The molecule has 0 bridgehead atoms. The Labute approximate surface area is 219 Å². The summed E-state index contributed by atoms with van der Waals surface area (Å²) < 4.78 is 80.4. The molecule has 4 N–H and O–H groups in total. The van der Waals surface area contributed by atoms with Crippen LogP contribution in [0.3, 0.4) is 0 Å². The Morgan fingerprint density at radius 1 is 1.21 bits per heavy atom. The number of pyridine rings is 1. The van der Waals surface area contributed by atoms with Gasteiger partial charge < -0.3 is 20.4 Å². The maximum atomic E-state index is 14.2. The first-order valence-corrected chi connectivity index (χ1v) is 12.5. The quantitative estimate of drug-likeness (QED) is 0.286. The summed E-state index contributed by atoms with van der Waals surface area (Å²) in [7, 11) is 0. The number of aliphatic hydroxyl groups is 2. The molecule has 1 aliphatic rings. The summed E-state index contributed by atoms with van der Waals surface area (Å²) >= 11 is 0.523. The molecule has 0 saturated carbocycles. The molecule has 1 fully saturated rings. The van der Waals surface area contributed by atoms with Gasteiger partial charge in [-0.2, -0.15) is 26.3 Å². The van der Waals surface area contributed by atoms with Crippen LogP contribution in [0.25, 0.3) is 10.4 Å². The standard InChI is InChI=1S/C23H29F6N5O3S/c1-11-6-5-7-34(11)20(37)16-17(38-19(32-16)18(36)31-10-14(35)23(27,28)29)12-9-30-15(33-21(2,3)4)8-13(12)22(24,25)26/h8-9,11,14,18,31,35-36H,5-7,10H2,1-4H3,(H,30,33)/t11-,14-,18?/m0/s1. The molecule has 1 amide bonds. The van der Waals surface area contributed by atoms with Crippen molar-refractivity contribution in [1.82, 2.24) is 20.2 Å². The second-order valence-electron chi connectivity index (χ2n) is 10.1. The third kappa shape index (κ3) is 7.12. The summed E-state index contributed by atoms with van der Waals surface area (Å²) in [5.74, 6) is -0.720. The number of aromatic nitrogens is 2. The van der Waals surface area contributed by atoms with Gasteiger partial charge >= 0.3 is 12.4 Å². The Morgan fingerprint density at radius 2 is 1.87 bits per heavy atom. The zero-order chi connectivity index (χ0) is 28.6. The van der Waals surface area contributed by atoms with Crippen LogP contribution >= 0.6 is 11.3 Å². The van der Waals surface area contributed by atoms with Crippen molar-refractivity contribution in [1.29, 1.82) is 0 Å². The van der Waals surface area contributed by atoms with E-state index in [1.165, 1.54) is 4.90 Å². The molecule has 1 aliphatic heterocycles. The lowest BCUT2D eigenvalue weighted by atomic mass is 10.1. The molecule has 15 heteroatoms. The van der Waals surface area contributed by atoms with E-state index in [1.807, 2.05) is 0 Å². The Bertz CT molecular complexity index is 1150. The summed E-state index contributed by atoms with van der Waals surface area (Å²) in [5, 5.41) is 24.2. The molecule has 0 aromatic carbocycles. The first kappa shape index (κ1) is 30.1. The van der Waals surface area contributed by atoms with Crippen LogP contribution in [0.4, 0.5) is 32.2 Å². The fraction of sp³-hybridized carbons (Fsp3) is 0.609.